The number of thioether (sulfide) groups is 1. The Labute approximate surface area is 97.0 Å². The molecule has 0 aromatic heterocycles. The molecule has 1 rings (SSSR count). The van der Waals surface area contributed by atoms with Crippen molar-refractivity contribution in [3.05, 3.63) is 0 Å². The number of nitrogens with one attached hydrogen (secondary N) is 1. The summed E-state index contributed by atoms with van der Waals surface area (Å²) in [5.74, 6) is 1.29. The summed E-state index contributed by atoms with van der Waals surface area (Å²) in [4.78, 5) is 13.8. The van der Waals surface area contributed by atoms with Crippen molar-refractivity contribution in [3.63, 3.8) is 0 Å². The molecule has 88 valence electrons. The maximum absolute atomic E-state index is 11.9. The number of nitrogens with zero attached hydrogens (tertiary/aromatic N) is 1. The van der Waals surface area contributed by atoms with Crippen LogP contribution in [0.1, 0.15) is 26.2 Å². The molecule has 2 unspecified atom stereocenters. The normalized spacial score (nSPS) is 22.7. The molecule has 1 saturated heterocycles. The van der Waals surface area contributed by atoms with Crippen LogP contribution in [0.5, 0.6) is 0 Å². The summed E-state index contributed by atoms with van der Waals surface area (Å²) in [6.07, 6.45) is 5.10. The highest BCUT2D eigenvalue weighted by Crippen LogP contribution is 2.12. The highest BCUT2D eigenvalue weighted by molar-refractivity contribution is 7.98. The minimum absolute atomic E-state index is 0.274. The first-order valence-electron chi connectivity index (χ1n) is 5.63. The number of carbonyl (C=O) groups is 1. The molecular weight excluding hydrogens is 208 g/mol. The van der Waals surface area contributed by atoms with E-state index in [2.05, 4.69) is 18.5 Å². The SMILES string of the molecule is CSCC(C)N(C)C(=O)CC1CCCN1. The van der Waals surface area contributed by atoms with Gasteiger partial charge in [-0.2, -0.15) is 11.8 Å². The van der Waals surface area contributed by atoms with Crippen LogP contribution in [0.4, 0.5) is 0 Å². The third-order valence-corrected chi connectivity index (χ3v) is 3.86. The first kappa shape index (κ1) is 12.8. The van der Waals surface area contributed by atoms with Gasteiger partial charge in [0.1, 0.15) is 0 Å². The van der Waals surface area contributed by atoms with Crippen LogP contribution in [0, 0.1) is 0 Å². The zero-order valence-electron chi connectivity index (χ0n) is 9.95. The summed E-state index contributed by atoms with van der Waals surface area (Å²) in [6, 6.07) is 0.760. The van der Waals surface area contributed by atoms with Gasteiger partial charge < -0.3 is 10.2 Å². The molecule has 4 heteroatoms. The zero-order valence-corrected chi connectivity index (χ0v) is 10.8. The fourth-order valence-corrected chi connectivity index (χ4v) is 2.59. The maximum atomic E-state index is 11.9. The first-order valence-corrected chi connectivity index (χ1v) is 7.02. The van der Waals surface area contributed by atoms with Crippen LogP contribution in [0.25, 0.3) is 0 Å². The van der Waals surface area contributed by atoms with Crippen molar-refractivity contribution < 1.29 is 4.79 Å². The Balaban J connectivity index is 2.31. The lowest BCUT2D eigenvalue weighted by atomic mass is 10.1. The molecule has 0 aliphatic carbocycles. The molecule has 0 aromatic rings. The second-order valence-electron chi connectivity index (χ2n) is 4.31. The van der Waals surface area contributed by atoms with E-state index in [-0.39, 0.29) is 5.91 Å². The number of hydrogen-bond acceptors (Lipinski definition) is 3. The average Bonchev–Trinajstić information content (AvgIpc) is 2.69. The summed E-state index contributed by atoms with van der Waals surface area (Å²) >= 11 is 1.79. The molecule has 3 nitrogen and oxygen atoms in total. The van der Waals surface area contributed by atoms with E-state index in [0.29, 0.717) is 18.5 Å². The molecule has 1 heterocycles. The van der Waals surface area contributed by atoms with Crippen molar-refractivity contribution in [3.8, 4) is 0 Å². The summed E-state index contributed by atoms with van der Waals surface area (Å²) in [5, 5.41) is 3.36. The van der Waals surface area contributed by atoms with E-state index in [1.54, 1.807) is 11.8 Å². The van der Waals surface area contributed by atoms with Gasteiger partial charge in [0.2, 0.25) is 5.91 Å². The molecule has 1 N–H and O–H groups in total. The van der Waals surface area contributed by atoms with Crippen LogP contribution >= 0.6 is 11.8 Å². The molecule has 0 saturated carbocycles. The Morgan fingerprint density at radius 3 is 2.93 bits per heavy atom. The molecule has 1 aliphatic heterocycles. The van der Waals surface area contributed by atoms with E-state index in [1.807, 2.05) is 11.9 Å². The lowest BCUT2D eigenvalue weighted by molar-refractivity contribution is -0.131. The van der Waals surface area contributed by atoms with E-state index in [4.69, 9.17) is 0 Å². The lowest BCUT2D eigenvalue weighted by Crippen LogP contribution is -2.39. The van der Waals surface area contributed by atoms with Crippen molar-refractivity contribution in [1.82, 2.24) is 10.2 Å². The molecule has 0 bridgehead atoms. The molecule has 1 fully saturated rings. The zero-order chi connectivity index (χ0) is 11.3. The predicted molar refractivity (Wildman–Crippen MR) is 66.3 cm³/mol. The molecular formula is C11H22N2OS. The van der Waals surface area contributed by atoms with Gasteiger partial charge in [-0.3, -0.25) is 4.79 Å². The maximum Gasteiger partial charge on any atom is 0.224 e. The molecule has 0 aromatic carbocycles. The number of hydrogen-bond donors (Lipinski definition) is 1. The van der Waals surface area contributed by atoms with E-state index < -0.39 is 0 Å². The van der Waals surface area contributed by atoms with Gasteiger partial charge in [0.05, 0.1) is 0 Å². The summed E-state index contributed by atoms with van der Waals surface area (Å²) < 4.78 is 0. The minimum Gasteiger partial charge on any atom is -0.342 e. The molecule has 0 radical (unpaired) electrons. The number of rotatable bonds is 5. The van der Waals surface area contributed by atoms with Crippen molar-refractivity contribution in [2.24, 2.45) is 0 Å². The second kappa shape index (κ2) is 6.38. The van der Waals surface area contributed by atoms with E-state index in [1.165, 1.54) is 6.42 Å². The van der Waals surface area contributed by atoms with Crippen molar-refractivity contribution in [2.75, 3.05) is 25.6 Å². The Bertz CT molecular complexity index is 205. The van der Waals surface area contributed by atoms with Crippen LogP contribution in [0.2, 0.25) is 0 Å². The van der Waals surface area contributed by atoms with Gasteiger partial charge in [-0.15, -0.1) is 0 Å². The van der Waals surface area contributed by atoms with Gasteiger partial charge in [-0.25, -0.2) is 0 Å². The topological polar surface area (TPSA) is 32.3 Å². The summed E-state index contributed by atoms with van der Waals surface area (Å²) in [7, 11) is 1.91. The van der Waals surface area contributed by atoms with E-state index >= 15 is 0 Å². The Morgan fingerprint density at radius 1 is 1.67 bits per heavy atom. The Hall–Kier alpha value is -0.220. The van der Waals surface area contributed by atoms with Crippen molar-refractivity contribution in [1.29, 1.82) is 0 Å². The van der Waals surface area contributed by atoms with E-state index in [9.17, 15) is 4.79 Å². The monoisotopic (exact) mass is 230 g/mol. The van der Waals surface area contributed by atoms with Crippen LogP contribution in [-0.2, 0) is 4.79 Å². The van der Waals surface area contributed by atoms with Crippen molar-refractivity contribution >= 4 is 17.7 Å². The van der Waals surface area contributed by atoms with Gasteiger partial charge in [0.15, 0.2) is 0 Å². The van der Waals surface area contributed by atoms with Crippen LogP contribution in [0.15, 0.2) is 0 Å². The van der Waals surface area contributed by atoms with Gasteiger partial charge in [0.25, 0.3) is 0 Å². The molecule has 1 amide bonds. The van der Waals surface area contributed by atoms with Gasteiger partial charge in [-0.05, 0) is 32.6 Å². The second-order valence-corrected chi connectivity index (χ2v) is 5.22. The number of amides is 1. The Morgan fingerprint density at radius 2 is 2.40 bits per heavy atom. The minimum atomic E-state index is 0.274. The quantitative estimate of drug-likeness (QED) is 0.773. The summed E-state index contributed by atoms with van der Waals surface area (Å²) in [6.45, 7) is 3.18. The highest BCUT2D eigenvalue weighted by atomic mass is 32.2. The van der Waals surface area contributed by atoms with E-state index in [0.717, 1.165) is 18.7 Å². The van der Waals surface area contributed by atoms with Gasteiger partial charge >= 0.3 is 0 Å². The fraction of sp³-hybridized carbons (Fsp3) is 0.909. The fourth-order valence-electron chi connectivity index (χ4n) is 1.88. The molecule has 1 aliphatic rings. The highest BCUT2D eigenvalue weighted by Gasteiger charge is 2.21. The standard InChI is InChI=1S/C11H22N2OS/c1-9(8-15-3)13(2)11(14)7-10-5-4-6-12-10/h9-10,12H,4-8H2,1-3H3. The third kappa shape index (κ3) is 4.03. The van der Waals surface area contributed by atoms with Crippen LogP contribution < -0.4 is 5.32 Å². The van der Waals surface area contributed by atoms with Gasteiger partial charge in [0, 0.05) is 31.3 Å². The predicted octanol–water partition coefficient (Wildman–Crippen LogP) is 1.34. The van der Waals surface area contributed by atoms with Gasteiger partial charge in [-0.1, -0.05) is 0 Å². The van der Waals surface area contributed by atoms with Crippen LogP contribution in [0.3, 0.4) is 0 Å². The molecule has 2 atom stereocenters. The van der Waals surface area contributed by atoms with Crippen LogP contribution in [-0.4, -0.2) is 48.5 Å². The lowest BCUT2D eigenvalue weighted by Gasteiger charge is -2.25. The first-order chi connectivity index (χ1) is 7.15. The average molecular weight is 230 g/mol. The number of carbonyl (C=O) groups excluding carboxylic acids is 1. The third-order valence-electron chi connectivity index (χ3n) is 3.05. The molecule has 15 heavy (non-hydrogen) atoms. The largest absolute Gasteiger partial charge is 0.342 e. The van der Waals surface area contributed by atoms with Crippen molar-refractivity contribution in [2.45, 2.75) is 38.3 Å². The molecule has 0 spiro atoms. The smallest absolute Gasteiger partial charge is 0.224 e. The summed E-state index contributed by atoms with van der Waals surface area (Å²) in [5.41, 5.74) is 0. The Kier molecular flexibility index (Phi) is 5.47.